The van der Waals surface area contributed by atoms with E-state index >= 15 is 0 Å². The molecule has 0 spiro atoms. The minimum Gasteiger partial charge on any atom is -0.267 e. The Morgan fingerprint density at radius 3 is 2.50 bits per heavy atom. The second-order valence-corrected chi connectivity index (χ2v) is 8.01. The maximum atomic E-state index is 12.6. The number of carbonyl (C=O) groups excluding carboxylic acids is 2. The van der Waals surface area contributed by atoms with Crippen molar-refractivity contribution in [1.29, 1.82) is 0 Å². The Hall–Kier alpha value is -1.57. The summed E-state index contributed by atoms with van der Waals surface area (Å²) in [5.74, 6) is -0.964. The van der Waals surface area contributed by atoms with Crippen molar-refractivity contribution in [1.82, 2.24) is 10.4 Å². The number of thioether (sulfide) groups is 1. The number of rotatable bonds is 3. The van der Waals surface area contributed by atoms with E-state index in [2.05, 4.69) is 5.43 Å². The zero-order valence-corrected chi connectivity index (χ0v) is 16.7. The fourth-order valence-electron chi connectivity index (χ4n) is 2.12. The van der Waals surface area contributed by atoms with E-state index in [9.17, 15) is 9.59 Å². The lowest BCUT2D eigenvalue weighted by atomic mass is 10.2. The molecule has 1 N–H and O–H groups in total. The van der Waals surface area contributed by atoms with Gasteiger partial charge in [0.2, 0.25) is 0 Å². The van der Waals surface area contributed by atoms with Gasteiger partial charge < -0.3 is 0 Å². The second kappa shape index (κ2) is 7.98. The molecule has 132 valence electrons. The van der Waals surface area contributed by atoms with Crippen LogP contribution in [0.1, 0.15) is 15.9 Å². The Morgan fingerprint density at radius 1 is 1.08 bits per heavy atom. The molecule has 9 heteroatoms. The van der Waals surface area contributed by atoms with Gasteiger partial charge in [-0.05, 0) is 48.1 Å². The maximum Gasteiger partial charge on any atom is 0.285 e. The molecule has 1 aliphatic heterocycles. The van der Waals surface area contributed by atoms with Gasteiger partial charge in [-0.15, -0.1) is 0 Å². The third kappa shape index (κ3) is 4.05. The highest BCUT2D eigenvalue weighted by Gasteiger charge is 2.34. The predicted octanol–water partition coefficient (Wildman–Crippen LogP) is 5.19. The molecule has 0 bridgehead atoms. The molecule has 2 amide bonds. The number of benzene rings is 2. The van der Waals surface area contributed by atoms with Gasteiger partial charge in [-0.1, -0.05) is 64.8 Å². The number of amides is 2. The first-order valence-corrected chi connectivity index (χ1v) is 9.51. The van der Waals surface area contributed by atoms with Crippen LogP contribution in [0.4, 0.5) is 0 Å². The Labute approximate surface area is 174 Å². The number of hydrogen-bond acceptors (Lipinski definition) is 4. The van der Waals surface area contributed by atoms with Gasteiger partial charge in [-0.3, -0.25) is 15.0 Å². The molecule has 1 saturated heterocycles. The molecule has 0 saturated carbocycles. The Bertz CT molecular complexity index is 963. The van der Waals surface area contributed by atoms with Crippen LogP contribution in [-0.2, 0) is 4.79 Å². The van der Waals surface area contributed by atoms with Gasteiger partial charge in [0, 0.05) is 0 Å². The number of thiocarbonyl (C=S) groups is 1. The van der Waals surface area contributed by atoms with Crippen molar-refractivity contribution < 1.29 is 9.59 Å². The van der Waals surface area contributed by atoms with Gasteiger partial charge in [0.05, 0.1) is 25.5 Å². The summed E-state index contributed by atoms with van der Waals surface area (Å²) in [4.78, 5) is 25.3. The van der Waals surface area contributed by atoms with Crippen LogP contribution in [-0.4, -0.2) is 21.1 Å². The van der Waals surface area contributed by atoms with Crippen molar-refractivity contribution in [3.63, 3.8) is 0 Å². The highest BCUT2D eigenvalue weighted by atomic mass is 35.5. The molecule has 0 unspecified atom stereocenters. The predicted molar refractivity (Wildman–Crippen MR) is 110 cm³/mol. The first kappa shape index (κ1) is 19.2. The third-order valence-corrected chi connectivity index (χ3v) is 5.74. The van der Waals surface area contributed by atoms with Crippen molar-refractivity contribution in [2.24, 2.45) is 0 Å². The Morgan fingerprint density at radius 2 is 1.81 bits per heavy atom. The van der Waals surface area contributed by atoms with E-state index in [-0.39, 0.29) is 14.9 Å². The van der Waals surface area contributed by atoms with Crippen molar-refractivity contribution in [2.45, 2.75) is 0 Å². The zero-order chi connectivity index (χ0) is 18.8. The van der Waals surface area contributed by atoms with Crippen LogP contribution in [0.3, 0.4) is 0 Å². The van der Waals surface area contributed by atoms with E-state index in [0.717, 1.165) is 16.8 Å². The van der Waals surface area contributed by atoms with E-state index in [1.54, 1.807) is 48.5 Å². The van der Waals surface area contributed by atoms with Gasteiger partial charge in [0.25, 0.3) is 11.8 Å². The number of hydrogen-bond donors (Lipinski definition) is 1. The fourth-order valence-corrected chi connectivity index (χ4v) is 3.83. The lowest BCUT2D eigenvalue weighted by Crippen LogP contribution is -2.44. The van der Waals surface area contributed by atoms with E-state index in [1.165, 1.54) is 0 Å². The first-order chi connectivity index (χ1) is 12.4. The summed E-state index contributed by atoms with van der Waals surface area (Å²) < 4.78 is 0.210. The standard InChI is InChI=1S/C17H9Cl3N2O2S2/c18-11-4-2-1-3-10(11)15(23)21-22-16(24)14(26-17(22)25)8-9-5-6-12(19)13(20)7-9/h1-8H,(H,21,23)/b14-8-. The number of carbonyl (C=O) groups is 2. The molecule has 0 radical (unpaired) electrons. The average Bonchev–Trinajstić information content (AvgIpc) is 2.86. The smallest absolute Gasteiger partial charge is 0.267 e. The highest BCUT2D eigenvalue weighted by Crippen LogP contribution is 2.32. The lowest BCUT2D eigenvalue weighted by molar-refractivity contribution is -0.123. The molecule has 1 heterocycles. The molecular formula is C17H9Cl3N2O2S2. The van der Waals surface area contributed by atoms with Crippen molar-refractivity contribution in [3.05, 3.63) is 73.6 Å². The number of hydrazine groups is 1. The normalized spacial score (nSPS) is 15.7. The van der Waals surface area contributed by atoms with Gasteiger partial charge in [-0.25, -0.2) is 0 Å². The van der Waals surface area contributed by atoms with Gasteiger partial charge >= 0.3 is 0 Å². The van der Waals surface area contributed by atoms with Crippen LogP contribution >= 0.6 is 58.8 Å². The summed E-state index contributed by atoms with van der Waals surface area (Å²) in [6.07, 6.45) is 1.63. The quantitative estimate of drug-likeness (QED) is 0.524. The van der Waals surface area contributed by atoms with E-state index in [1.807, 2.05) is 0 Å². The van der Waals surface area contributed by atoms with Crippen LogP contribution in [0.2, 0.25) is 15.1 Å². The summed E-state index contributed by atoms with van der Waals surface area (Å²) in [6.45, 7) is 0. The van der Waals surface area contributed by atoms with E-state index in [0.29, 0.717) is 20.5 Å². The molecule has 1 aliphatic rings. The maximum absolute atomic E-state index is 12.6. The van der Waals surface area contributed by atoms with Gasteiger partial charge in [0.1, 0.15) is 0 Å². The molecule has 0 aliphatic carbocycles. The van der Waals surface area contributed by atoms with E-state index < -0.39 is 11.8 Å². The molecule has 4 nitrogen and oxygen atoms in total. The average molecular weight is 444 g/mol. The largest absolute Gasteiger partial charge is 0.285 e. The summed E-state index contributed by atoms with van der Waals surface area (Å²) in [6, 6.07) is 11.5. The molecule has 0 atom stereocenters. The molecule has 2 aromatic rings. The highest BCUT2D eigenvalue weighted by molar-refractivity contribution is 8.26. The van der Waals surface area contributed by atoms with Gasteiger partial charge in [-0.2, -0.15) is 5.01 Å². The Kier molecular flexibility index (Phi) is 5.89. The van der Waals surface area contributed by atoms with Crippen LogP contribution in [0, 0.1) is 0 Å². The van der Waals surface area contributed by atoms with Crippen molar-refractivity contribution in [2.75, 3.05) is 0 Å². The molecule has 3 rings (SSSR count). The molecule has 2 aromatic carbocycles. The first-order valence-electron chi connectivity index (χ1n) is 7.15. The zero-order valence-electron chi connectivity index (χ0n) is 12.8. The van der Waals surface area contributed by atoms with Crippen LogP contribution in [0.5, 0.6) is 0 Å². The van der Waals surface area contributed by atoms with E-state index in [4.69, 9.17) is 47.0 Å². The molecule has 26 heavy (non-hydrogen) atoms. The summed E-state index contributed by atoms with van der Waals surface area (Å²) in [7, 11) is 0. The summed E-state index contributed by atoms with van der Waals surface area (Å²) in [5, 5.41) is 2.10. The number of nitrogens with zero attached hydrogens (tertiary/aromatic N) is 1. The second-order valence-electron chi connectivity index (χ2n) is 5.11. The molecular weight excluding hydrogens is 435 g/mol. The number of halogens is 3. The van der Waals surface area contributed by atoms with Crippen LogP contribution in [0.25, 0.3) is 6.08 Å². The van der Waals surface area contributed by atoms with Gasteiger partial charge in [0.15, 0.2) is 4.32 Å². The lowest BCUT2D eigenvalue weighted by Gasteiger charge is -2.16. The van der Waals surface area contributed by atoms with Crippen molar-refractivity contribution in [3.8, 4) is 0 Å². The summed E-state index contributed by atoms with van der Waals surface area (Å²) >= 11 is 24.1. The molecule has 1 fully saturated rings. The molecule has 0 aromatic heterocycles. The number of nitrogens with one attached hydrogen (secondary N) is 1. The van der Waals surface area contributed by atoms with Crippen LogP contribution in [0.15, 0.2) is 47.4 Å². The van der Waals surface area contributed by atoms with Crippen molar-refractivity contribution >= 4 is 81.0 Å². The topological polar surface area (TPSA) is 49.4 Å². The Balaban J connectivity index is 1.80. The SMILES string of the molecule is O=C(NN1C(=O)/C(=C/c2ccc(Cl)c(Cl)c2)SC1=S)c1ccccc1Cl. The fraction of sp³-hybridized carbons (Fsp3) is 0. The van der Waals surface area contributed by atoms with Crippen LogP contribution < -0.4 is 5.43 Å². The summed E-state index contributed by atoms with van der Waals surface area (Å²) in [5.41, 5.74) is 3.42. The minimum atomic E-state index is -0.525. The monoisotopic (exact) mass is 442 g/mol. The minimum absolute atomic E-state index is 0.210. The third-order valence-electron chi connectivity index (χ3n) is 3.37.